The van der Waals surface area contributed by atoms with Gasteiger partial charge in [-0.2, -0.15) is 0 Å². The molecule has 1 atom stereocenters. The molecular weight excluding hydrogens is 238 g/mol. The highest BCUT2D eigenvalue weighted by Gasteiger charge is 2.21. The van der Waals surface area contributed by atoms with Gasteiger partial charge < -0.3 is 9.52 Å². The summed E-state index contributed by atoms with van der Waals surface area (Å²) in [6.07, 6.45) is 0. The van der Waals surface area contributed by atoms with Gasteiger partial charge in [-0.1, -0.05) is 0 Å². The van der Waals surface area contributed by atoms with Gasteiger partial charge in [0.05, 0.1) is 11.6 Å². The van der Waals surface area contributed by atoms with Crippen LogP contribution in [0.1, 0.15) is 29.2 Å². The van der Waals surface area contributed by atoms with Crippen molar-refractivity contribution in [1.82, 2.24) is 4.98 Å². The minimum atomic E-state index is -0.834. The molecule has 2 aromatic heterocycles. The van der Waals surface area contributed by atoms with Crippen LogP contribution in [0.25, 0.3) is 10.8 Å². The fraction of sp³-hybridized carbons (Fsp3) is 0.333. The van der Waals surface area contributed by atoms with Gasteiger partial charge >= 0.3 is 5.97 Å². The molecule has 0 aromatic carbocycles. The number of hydrogen-bond donors (Lipinski definition) is 1. The van der Waals surface area contributed by atoms with E-state index in [1.165, 1.54) is 11.3 Å². The van der Waals surface area contributed by atoms with Crippen molar-refractivity contribution in [3.05, 3.63) is 28.5 Å². The fourth-order valence-electron chi connectivity index (χ4n) is 1.58. The summed E-state index contributed by atoms with van der Waals surface area (Å²) in [6.45, 7) is 5.36. The molecule has 2 rings (SSSR count). The molecule has 1 unspecified atom stereocenters. The van der Waals surface area contributed by atoms with Gasteiger partial charge in [-0.3, -0.25) is 4.79 Å². The Morgan fingerprint density at radius 2 is 2.18 bits per heavy atom. The van der Waals surface area contributed by atoms with Crippen molar-refractivity contribution in [2.75, 3.05) is 0 Å². The second kappa shape index (κ2) is 4.33. The maximum Gasteiger partial charge on any atom is 0.311 e. The number of rotatable bonds is 3. The summed E-state index contributed by atoms with van der Waals surface area (Å²) >= 11 is 1.38. The summed E-state index contributed by atoms with van der Waals surface area (Å²) < 4.78 is 5.48. The topological polar surface area (TPSA) is 63.3 Å². The highest BCUT2D eigenvalue weighted by Crippen LogP contribution is 2.33. The Balaban J connectivity index is 2.40. The van der Waals surface area contributed by atoms with Gasteiger partial charge in [-0.25, -0.2) is 4.98 Å². The van der Waals surface area contributed by atoms with Crippen LogP contribution in [-0.4, -0.2) is 16.1 Å². The Hall–Kier alpha value is -1.62. The minimum Gasteiger partial charge on any atom is -0.481 e. The SMILES string of the molecule is Cc1ccc(-c2nc(C)c(C(C)C(=O)O)s2)o1. The number of aromatic nitrogens is 1. The van der Waals surface area contributed by atoms with E-state index in [0.29, 0.717) is 5.76 Å². The third kappa shape index (κ3) is 2.24. The number of nitrogens with zero attached hydrogens (tertiary/aromatic N) is 1. The lowest BCUT2D eigenvalue weighted by Gasteiger charge is -2.02. The number of thiazole rings is 1. The standard InChI is InChI=1S/C12H13NO3S/c1-6-4-5-9(16-6)11-13-8(3)10(17-11)7(2)12(14)15/h4-5,7H,1-3H3,(H,14,15). The summed E-state index contributed by atoms with van der Waals surface area (Å²) in [5, 5.41) is 9.73. The van der Waals surface area contributed by atoms with Crippen LogP contribution in [-0.2, 0) is 4.79 Å². The average Bonchev–Trinajstić information content (AvgIpc) is 2.83. The molecule has 4 nitrogen and oxygen atoms in total. The normalized spacial score (nSPS) is 12.6. The van der Waals surface area contributed by atoms with Crippen LogP contribution in [0.3, 0.4) is 0 Å². The van der Waals surface area contributed by atoms with E-state index in [4.69, 9.17) is 9.52 Å². The predicted octanol–water partition coefficient (Wildman–Crippen LogP) is 3.21. The highest BCUT2D eigenvalue weighted by molar-refractivity contribution is 7.15. The van der Waals surface area contributed by atoms with Crippen LogP contribution < -0.4 is 0 Å². The number of carboxylic acids is 1. The van der Waals surface area contributed by atoms with Crippen LogP contribution in [0.15, 0.2) is 16.5 Å². The number of aliphatic carboxylic acids is 1. The zero-order valence-electron chi connectivity index (χ0n) is 9.85. The lowest BCUT2D eigenvalue weighted by atomic mass is 10.1. The molecule has 0 aliphatic heterocycles. The van der Waals surface area contributed by atoms with Gasteiger partial charge in [0.15, 0.2) is 10.8 Å². The Labute approximate surface area is 103 Å². The first-order valence-corrected chi connectivity index (χ1v) is 6.07. The van der Waals surface area contributed by atoms with Crippen molar-refractivity contribution >= 4 is 17.3 Å². The van der Waals surface area contributed by atoms with Crippen LogP contribution in [0.4, 0.5) is 0 Å². The first-order chi connectivity index (χ1) is 7.99. The van der Waals surface area contributed by atoms with Gasteiger partial charge in [0, 0.05) is 4.88 Å². The molecule has 0 aliphatic rings. The van der Waals surface area contributed by atoms with Gasteiger partial charge in [-0.15, -0.1) is 11.3 Å². The van der Waals surface area contributed by atoms with Crippen LogP contribution in [0.2, 0.25) is 0 Å². The largest absolute Gasteiger partial charge is 0.481 e. The van der Waals surface area contributed by atoms with Crippen molar-refractivity contribution in [3.8, 4) is 10.8 Å². The molecule has 0 aliphatic carbocycles. The number of furan rings is 1. The summed E-state index contributed by atoms with van der Waals surface area (Å²) in [5.74, 6) is 0.149. The third-order valence-electron chi connectivity index (χ3n) is 2.55. The molecule has 0 saturated heterocycles. The summed E-state index contributed by atoms with van der Waals surface area (Å²) in [6, 6.07) is 3.72. The Morgan fingerprint density at radius 1 is 1.47 bits per heavy atom. The van der Waals surface area contributed by atoms with Gasteiger partial charge in [-0.05, 0) is 32.9 Å². The number of carbonyl (C=O) groups is 1. The first kappa shape index (κ1) is 11.9. The predicted molar refractivity (Wildman–Crippen MR) is 65.3 cm³/mol. The van der Waals surface area contributed by atoms with Crippen LogP contribution in [0, 0.1) is 13.8 Å². The molecule has 0 amide bonds. The van der Waals surface area contributed by atoms with Crippen LogP contribution >= 0.6 is 11.3 Å². The molecule has 1 N–H and O–H groups in total. The second-order valence-corrected chi connectivity index (χ2v) is 4.97. The molecule has 2 aromatic rings. The van der Waals surface area contributed by atoms with E-state index >= 15 is 0 Å². The Morgan fingerprint density at radius 3 is 2.71 bits per heavy atom. The molecule has 0 spiro atoms. The van der Waals surface area contributed by atoms with E-state index in [1.54, 1.807) is 6.92 Å². The zero-order chi connectivity index (χ0) is 12.6. The van der Waals surface area contributed by atoms with E-state index in [1.807, 2.05) is 26.0 Å². The van der Waals surface area contributed by atoms with E-state index < -0.39 is 11.9 Å². The molecule has 0 radical (unpaired) electrons. The van der Waals surface area contributed by atoms with Gasteiger partial charge in [0.2, 0.25) is 0 Å². The van der Waals surface area contributed by atoms with Crippen molar-refractivity contribution < 1.29 is 14.3 Å². The zero-order valence-corrected chi connectivity index (χ0v) is 10.7. The maximum absolute atomic E-state index is 11.0. The molecule has 0 fully saturated rings. The summed E-state index contributed by atoms with van der Waals surface area (Å²) in [4.78, 5) is 16.1. The highest BCUT2D eigenvalue weighted by atomic mass is 32.1. The van der Waals surface area contributed by atoms with Crippen molar-refractivity contribution in [3.63, 3.8) is 0 Å². The molecule has 0 saturated carbocycles. The van der Waals surface area contributed by atoms with Gasteiger partial charge in [0.25, 0.3) is 0 Å². The number of carboxylic acid groups (broad SMARTS) is 1. The molecule has 0 bridgehead atoms. The monoisotopic (exact) mass is 251 g/mol. The van der Waals surface area contributed by atoms with Crippen molar-refractivity contribution in [2.45, 2.75) is 26.7 Å². The Kier molecular flexibility index (Phi) is 3.02. The van der Waals surface area contributed by atoms with Crippen LogP contribution in [0.5, 0.6) is 0 Å². The van der Waals surface area contributed by atoms with E-state index in [9.17, 15) is 4.79 Å². The molecule has 90 valence electrons. The quantitative estimate of drug-likeness (QED) is 0.909. The van der Waals surface area contributed by atoms with E-state index in [2.05, 4.69) is 4.98 Å². The first-order valence-electron chi connectivity index (χ1n) is 5.26. The summed E-state index contributed by atoms with van der Waals surface area (Å²) in [7, 11) is 0. The number of hydrogen-bond acceptors (Lipinski definition) is 4. The maximum atomic E-state index is 11.0. The number of aryl methyl sites for hydroxylation is 2. The molecule has 17 heavy (non-hydrogen) atoms. The molecule has 2 heterocycles. The van der Waals surface area contributed by atoms with Crippen molar-refractivity contribution in [1.29, 1.82) is 0 Å². The fourth-order valence-corrected chi connectivity index (χ4v) is 2.65. The minimum absolute atomic E-state index is 0.530. The Bertz CT molecular complexity index is 556. The summed E-state index contributed by atoms with van der Waals surface area (Å²) in [5.41, 5.74) is 0.758. The smallest absolute Gasteiger partial charge is 0.311 e. The van der Waals surface area contributed by atoms with E-state index in [-0.39, 0.29) is 0 Å². The lowest BCUT2D eigenvalue weighted by molar-refractivity contribution is -0.138. The van der Waals surface area contributed by atoms with E-state index in [0.717, 1.165) is 21.3 Å². The average molecular weight is 251 g/mol. The van der Waals surface area contributed by atoms with Gasteiger partial charge in [0.1, 0.15) is 5.76 Å². The molecular formula is C12H13NO3S. The second-order valence-electron chi connectivity index (χ2n) is 3.94. The lowest BCUT2D eigenvalue weighted by Crippen LogP contribution is -2.06. The third-order valence-corrected chi connectivity index (χ3v) is 3.90. The van der Waals surface area contributed by atoms with Crippen molar-refractivity contribution in [2.24, 2.45) is 0 Å². The molecule has 5 heteroatoms.